The van der Waals surface area contributed by atoms with Crippen molar-refractivity contribution in [1.82, 2.24) is 10.6 Å². The van der Waals surface area contributed by atoms with Crippen molar-refractivity contribution in [2.24, 2.45) is 0 Å². The van der Waals surface area contributed by atoms with Gasteiger partial charge in [-0.25, -0.2) is 9.59 Å². The lowest BCUT2D eigenvalue weighted by Crippen LogP contribution is -2.45. The highest BCUT2D eigenvalue weighted by molar-refractivity contribution is 5.95. The molecule has 0 fully saturated rings. The topological polar surface area (TPSA) is 94.5 Å². The number of hydrogen-bond donors (Lipinski definition) is 2. The highest BCUT2D eigenvalue weighted by Crippen LogP contribution is 2.29. The summed E-state index contributed by atoms with van der Waals surface area (Å²) < 4.78 is 5.12. The molecule has 0 saturated heterocycles. The van der Waals surface area contributed by atoms with E-state index in [1.54, 1.807) is 13.8 Å². The number of hydrogen-bond acceptors (Lipinski definition) is 5. The zero-order chi connectivity index (χ0) is 18.4. The van der Waals surface area contributed by atoms with E-state index in [-0.39, 0.29) is 12.6 Å². The number of nitriles is 1. The van der Waals surface area contributed by atoms with Crippen LogP contribution in [0.1, 0.15) is 31.9 Å². The average molecular weight is 342 g/mol. The van der Waals surface area contributed by atoms with Gasteiger partial charge in [-0.3, -0.25) is 0 Å². The number of carbonyl (C=O) groups excluding carboxylic acids is 2. The SMILES string of the molecule is CCOC(=O)C1=C(C)NC(=O)N[C@@H]1c1ccc(N(C)CCC#N)cc1. The first-order valence-electron chi connectivity index (χ1n) is 8.11. The Hall–Kier alpha value is -3.01. The highest BCUT2D eigenvalue weighted by Gasteiger charge is 2.32. The maximum Gasteiger partial charge on any atom is 0.338 e. The minimum Gasteiger partial charge on any atom is -0.463 e. The lowest BCUT2D eigenvalue weighted by Gasteiger charge is -2.28. The van der Waals surface area contributed by atoms with E-state index in [2.05, 4.69) is 16.7 Å². The normalized spacial score (nSPS) is 16.6. The molecule has 2 amide bonds. The zero-order valence-corrected chi connectivity index (χ0v) is 14.6. The molecule has 0 unspecified atom stereocenters. The summed E-state index contributed by atoms with van der Waals surface area (Å²) in [4.78, 5) is 26.1. The molecule has 0 bridgehead atoms. The fraction of sp³-hybridized carbons (Fsp3) is 0.389. The van der Waals surface area contributed by atoms with Crippen molar-refractivity contribution < 1.29 is 14.3 Å². The lowest BCUT2D eigenvalue weighted by atomic mass is 9.95. The van der Waals surface area contributed by atoms with Crippen molar-refractivity contribution in [3.63, 3.8) is 0 Å². The monoisotopic (exact) mass is 342 g/mol. The Balaban J connectivity index is 2.28. The van der Waals surface area contributed by atoms with Crippen molar-refractivity contribution in [3.8, 4) is 6.07 Å². The third-order valence-corrected chi connectivity index (χ3v) is 3.99. The fourth-order valence-electron chi connectivity index (χ4n) is 2.69. The summed E-state index contributed by atoms with van der Waals surface area (Å²) in [6.07, 6.45) is 0.442. The van der Waals surface area contributed by atoms with Crippen molar-refractivity contribution in [2.75, 3.05) is 25.1 Å². The molecule has 132 valence electrons. The number of urea groups is 1. The number of esters is 1. The Kier molecular flexibility index (Phi) is 6.01. The van der Waals surface area contributed by atoms with E-state index < -0.39 is 12.0 Å². The fourth-order valence-corrected chi connectivity index (χ4v) is 2.69. The molecule has 1 aromatic rings. The summed E-state index contributed by atoms with van der Waals surface area (Å²) in [6.45, 7) is 4.32. The van der Waals surface area contributed by atoms with Crippen molar-refractivity contribution in [1.29, 1.82) is 5.26 Å². The van der Waals surface area contributed by atoms with E-state index in [0.717, 1.165) is 11.3 Å². The van der Waals surface area contributed by atoms with Crippen LogP contribution in [0.3, 0.4) is 0 Å². The predicted molar refractivity (Wildman–Crippen MR) is 93.7 cm³/mol. The molecule has 0 aromatic heterocycles. The molecule has 1 heterocycles. The molecule has 0 saturated carbocycles. The van der Waals surface area contributed by atoms with Crippen molar-refractivity contribution >= 4 is 17.7 Å². The van der Waals surface area contributed by atoms with Gasteiger partial charge in [0.1, 0.15) is 0 Å². The number of carbonyl (C=O) groups is 2. The number of ether oxygens (including phenoxy) is 1. The summed E-state index contributed by atoms with van der Waals surface area (Å²) in [5.74, 6) is -0.451. The Morgan fingerprint density at radius 3 is 2.64 bits per heavy atom. The van der Waals surface area contributed by atoms with Gasteiger partial charge in [-0.05, 0) is 31.5 Å². The van der Waals surface area contributed by atoms with Gasteiger partial charge in [0.25, 0.3) is 0 Å². The standard InChI is InChI=1S/C18H22N4O3/c1-4-25-17(23)15-12(2)20-18(24)21-16(15)13-6-8-14(9-7-13)22(3)11-5-10-19/h6-9,16H,4-5,11H2,1-3H3,(H2,20,21,24)/t16-/m1/s1. The zero-order valence-electron chi connectivity index (χ0n) is 14.6. The predicted octanol–water partition coefficient (Wildman–Crippen LogP) is 2.23. The van der Waals surface area contributed by atoms with Crippen LogP contribution in [0.25, 0.3) is 0 Å². The Morgan fingerprint density at radius 2 is 2.04 bits per heavy atom. The van der Waals surface area contributed by atoms with E-state index >= 15 is 0 Å². The quantitative estimate of drug-likeness (QED) is 0.773. The van der Waals surface area contributed by atoms with E-state index in [4.69, 9.17) is 10.00 Å². The molecule has 0 radical (unpaired) electrons. The molecule has 1 aliphatic rings. The van der Waals surface area contributed by atoms with Crippen LogP contribution in [0.5, 0.6) is 0 Å². The first-order chi connectivity index (χ1) is 12.0. The van der Waals surface area contributed by atoms with Crippen molar-refractivity contribution in [2.45, 2.75) is 26.3 Å². The Labute approximate surface area is 147 Å². The van der Waals surface area contributed by atoms with Gasteiger partial charge >= 0.3 is 12.0 Å². The highest BCUT2D eigenvalue weighted by atomic mass is 16.5. The molecule has 2 N–H and O–H groups in total. The Bertz CT molecular complexity index is 719. The molecule has 2 rings (SSSR count). The van der Waals surface area contributed by atoms with E-state index in [9.17, 15) is 9.59 Å². The molecule has 7 nitrogen and oxygen atoms in total. The molecule has 1 aliphatic heterocycles. The third-order valence-electron chi connectivity index (χ3n) is 3.99. The van der Waals surface area contributed by atoms with Gasteiger partial charge in [-0.1, -0.05) is 12.1 Å². The number of nitrogens with one attached hydrogen (secondary N) is 2. The summed E-state index contributed by atoms with van der Waals surface area (Å²) in [5, 5.41) is 14.1. The van der Waals surface area contributed by atoms with Crippen LogP contribution in [0.4, 0.5) is 10.5 Å². The summed E-state index contributed by atoms with van der Waals surface area (Å²) in [6, 6.07) is 8.73. The molecular formula is C18H22N4O3. The van der Waals surface area contributed by atoms with Gasteiger partial charge in [0.2, 0.25) is 0 Å². The summed E-state index contributed by atoms with van der Waals surface area (Å²) in [7, 11) is 1.91. The molecule has 0 aliphatic carbocycles. The second-order valence-electron chi connectivity index (χ2n) is 5.71. The smallest absolute Gasteiger partial charge is 0.338 e. The van der Waals surface area contributed by atoms with Gasteiger partial charge in [-0.15, -0.1) is 0 Å². The number of benzene rings is 1. The number of rotatable bonds is 6. The average Bonchev–Trinajstić information content (AvgIpc) is 2.59. The third kappa shape index (κ3) is 4.29. The number of amides is 2. The lowest BCUT2D eigenvalue weighted by molar-refractivity contribution is -0.139. The second kappa shape index (κ2) is 8.20. The van der Waals surface area contributed by atoms with E-state index in [1.165, 1.54) is 0 Å². The van der Waals surface area contributed by atoms with Crippen LogP contribution in [-0.4, -0.2) is 32.2 Å². The van der Waals surface area contributed by atoms with Crippen LogP contribution in [0.2, 0.25) is 0 Å². The molecular weight excluding hydrogens is 320 g/mol. The van der Waals surface area contributed by atoms with Crippen LogP contribution < -0.4 is 15.5 Å². The minimum atomic E-state index is -0.564. The molecule has 0 spiro atoms. The van der Waals surface area contributed by atoms with Gasteiger partial charge in [-0.2, -0.15) is 5.26 Å². The van der Waals surface area contributed by atoms with Crippen molar-refractivity contribution in [3.05, 3.63) is 41.1 Å². The second-order valence-corrected chi connectivity index (χ2v) is 5.71. The minimum absolute atomic E-state index is 0.263. The largest absolute Gasteiger partial charge is 0.463 e. The van der Waals surface area contributed by atoms with Gasteiger partial charge < -0.3 is 20.3 Å². The van der Waals surface area contributed by atoms with E-state index in [1.807, 2.05) is 36.2 Å². The van der Waals surface area contributed by atoms with Crippen LogP contribution in [0.15, 0.2) is 35.5 Å². The van der Waals surface area contributed by atoms with Crippen LogP contribution >= 0.6 is 0 Å². The van der Waals surface area contributed by atoms with Gasteiger partial charge in [0.15, 0.2) is 0 Å². The molecule has 7 heteroatoms. The summed E-state index contributed by atoms with van der Waals surface area (Å²) in [5.41, 5.74) is 2.63. The molecule has 1 aromatic carbocycles. The molecule has 1 atom stereocenters. The van der Waals surface area contributed by atoms with E-state index in [0.29, 0.717) is 24.2 Å². The van der Waals surface area contributed by atoms with Crippen LogP contribution in [-0.2, 0) is 9.53 Å². The first-order valence-corrected chi connectivity index (χ1v) is 8.11. The van der Waals surface area contributed by atoms with Gasteiger partial charge in [0, 0.05) is 25.0 Å². The number of nitrogens with zero attached hydrogens (tertiary/aromatic N) is 2. The molecule has 25 heavy (non-hydrogen) atoms. The Morgan fingerprint density at radius 1 is 1.36 bits per heavy atom. The van der Waals surface area contributed by atoms with Gasteiger partial charge in [0.05, 0.1) is 30.7 Å². The summed E-state index contributed by atoms with van der Waals surface area (Å²) >= 11 is 0. The number of allylic oxidation sites excluding steroid dienone is 1. The number of anilines is 1. The maximum absolute atomic E-state index is 12.3. The first kappa shape index (κ1) is 18.3. The maximum atomic E-state index is 12.3. The van der Waals surface area contributed by atoms with Crippen LogP contribution in [0, 0.1) is 11.3 Å².